The molecule has 0 aromatic carbocycles. The number of carbonyl (C=O) groups is 1. The minimum Gasteiger partial charge on any atom is -0.388 e. The highest BCUT2D eigenvalue weighted by atomic mass is 16.4. The molecule has 15 heavy (non-hydrogen) atoms. The Morgan fingerprint density at radius 2 is 2.07 bits per heavy atom. The number of nitrogens with zero attached hydrogens (tertiary/aromatic N) is 2. The van der Waals surface area contributed by atoms with Gasteiger partial charge in [-0.2, -0.15) is 0 Å². The predicted octanol–water partition coefficient (Wildman–Crippen LogP) is 1.94. The van der Waals surface area contributed by atoms with Gasteiger partial charge in [-0.05, 0) is 26.0 Å². The maximum Gasteiger partial charge on any atom is 0.142 e. The molecule has 0 fully saturated rings. The Morgan fingerprint density at radius 3 is 2.53 bits per heavy atom. The summed E-state index contributed by atoms with van der Waals surface area (Å²) in [6, 6.07) is 0.374. The van der Waals surface area contributed by atoms with E-state index in [1.54, 1.807) is 26.5 Å². The van der Waals surface area contributed by atoms with E-state index in [4.69, 9.17) is 0 Å². The molecule has 0 saturated heterocycles. The lowest BCUT2D eigenvalue weighted by atomic mass is 10.3. The van der Waals surface area contributed by atoms with Crippen LogP contribution in [0.25, 0.3) is 6.08 Å². The lowest BCUT2D eigenvalue weighted by Crippen LogP contribution is -2.01. The van der Waals surface area contributed by atoms with Gasteiger partial charge in [0.15, 0.2) is 0 Å². The van der Waals surface area contributed by atoms with Crippen LogP contribution >= 0.6 is 0 Å². The Morgan fingerprint density at radius 1 is 1.47 bits per heavy atom. The molecule has 0 unspecified atom stereocenters. The van der Waals surface area contributed by atoms with Gasteiger partial charge in [0.2, 0.25) is 0 Å². The van der Waals surface area contributed by atoms with Crippen molar-refractivity contribution in [1.29, 1.82) is 0 Å². The average molecular weight is 210 g/mol. The van der Waals surface area contributed by atoms with Gasteiger partial charge in [-0.3, -0.25) is 4.79 Å². The van der Waals surface area contributed by atoms with E-state index < -0.39 is 0 Å². The van der Waals surface area contributed by atoms with E-state index >= 15 is 0 Å². The van der Waals surface area contributed by atoms with Crippen LogP contribution in [-0.4, -0.2) is 30.1 Å². The zero-order chi connectivity index (χ0) is 11.7. The zero-order valence-corrected chi connectivity index (χ0v) is 9.68. The Bertz CT molecular complexity index is 303. The van der Waals surface area contributed by atoms with Crippen molar-refractivity contribution in [2.45, 2.75) is 19.9 Å². The fourth-order valence-electron chi connectivity index (χ4n) is 1.02. The van der Waals surface area contributed by atoms with Gasteiger partial charge in [-0.1, -0.05) is 0 Å². The van der Waals surface area contributed by atoms with Gasteiger partial charge in [-0.15, -0.1) is 0 Å². The van der Waals surface area contributed by atoms with E-state index in [-0.39, 0.29) is 0 Å². The fraction of sp³-hybridized carbons (Fsp3) is 0.455. The van der Waals surface area contributed by atoms with Crippen LogP contribution in [0.2, 0.25) is 0 Å². The van der Waals surface area contributed by atoms with E-state index in [9.17, 15) is 4.79 Å². The van der Waals surface area contributed by atoms with E-state index in [0.717, 1.165) is 12.1 Å². The molecule has 0 saturated carbocycles. The average Bonchev–Trinajstić information content (AvgIpc) is 2.63. The molecule has 4 heteroatoms. The summed E-state index contributed by atoms with van der Waals surface area (Å²) < 4.78 is 6.25. The van der Waals surface area contributed by atoms with Crippen molar-refractivity contribution >= 4 is 12.4 Å². The first kappa shape index (κ1) is 13.6. The molecule has 1 aromatic heterocycles. The molecular formula is C11H18N2O2. The van der Waals surface area contributed by atoms with Crippen molar-refractivity contribution in [3.63, 3.8) is 0 Å². The summed E-state index contributed by atoms with van der Waals surface area (Å²) in [6.45, 7) is 4.14. The van der Waals surface area contributed by atoms with E-state index in [1.165, 1.54) is 6.08 Å². The Kier molecular flexibility index (Phi) is 7.18. The first-order chi connectivity index (χ1) is 7.17. The number of hydrogen-bond donors (Lipinski definition) is 0. The van der Waals surface area contributed by atoms with Crippen LogP contribution in [0, 0.1) is 0 Å². The van der Waals surface area contributed by atoms with Crippen molar-refractivity contribution < 1.29 is 9.53 Å². The second-order valence-corrected chi connectivity index (χ2v) is 3.19. The van der Waals surface area contributed by atoms with Crippen molar-refractivity contribution in [3.8, 4) is 0 Å². The summed E-state index contributed by atoms with van der Waals surface area (Å²) in [7, 11) is 3.25. The monoisotopic (exact) mass is 210 g/mol. The number of allylic oxidation sites excluding steroid dienone is 1. The third-order valence-corrected chi connectivity index (χ3v) is 1.58. The van der Waals surface area contributed by atoms with Gasteiger partial charge in [0, 0.05) is 32.7 Å². The number of methoxy groups -OCH3 is 1. The largest absolute Gasteiger partial charge is 0.388 e. The van der Waals surface area contributed by atoms with Crippen LogP contribution in [0.1, 0.15) is 25.7 Å². The summed E-state index contributed by atoms with van der Waals surface area (Å²) >= 11 is 0. The molecule has 4 nitrogen and oxygen atoms in total. The highest BCUT2D eigenvalue weighted by molar-refractivity contribution is 5.72. The van der Waals surface area contributed by atoms with Crippen molar-refractivity contribution in [3.05, 3.63) is 24.3 Å². The number of aromatic nitrogens is 2. The van der Waals surface area contributed by atoms with E-state index in [1.807, 2.05) is 10.8 Å². The van der Waals surface area contributed by atoms with Crippen LogP contribution in [0.3, 0.4) is 0 Å². The van der Waals surface area contributed by atoms with Crippen LogP contribution in [-0.2, 0) is 9.53 Å². The van der Waals surface area contributed by atoms with Gasteiger partial charge < -0.3 is 9.30 Å². The summed E-state index contributed by atoms with van der Waals surface area (Å²) in [4.78, 5) is 14.1. The Hall–Kier alpha value is -1.42. The topological polar surface area (TPSA) is 44.1 Å². The van der Waals surface area contributed by atoms with Crippen molar-refractivity contribution in [2.24, 2.45) is 0 Å². The molecule has 0 amide bonds. The fourth-order valence-corrected chi connectivity index (χ4v) is 1.02. The van der Waals surface area contributed by atoms with Gasteiger partial charge in [0.1, 0.15) is 12.1 Å². The van der Waals surface area contributed by atoms with Crippen LogP contribution < -0.4 is 0 Å². The molecule has 1 heterocycles. The molecule has 0 aliphatic carbocycles. The van der Waals surface area contributed by atoms with Crippen molar-refractivity contribution in [2.75, 3.05) is 14.2 Å². The van der Waals surface area contributed by atoms with Crippen LogP contribution in [0.4, 0.5) is 0 Å². The highest BCUT2D eigenvalue weighted by Gasteiger charge is 2.00. The summed E-state index contributed by atoms with van der Waals surface area (Å²) in [5.41, 5.74) is 0. The Labute approximate surface area is 90.6 Å². The second-order valence-electron chi connectivity index (χ2n) is 3.19. The maximum atomic E-state index is 10.1. The minimum atomic E-state index is 0.374. The molecular weight excluding hydrogens is 192 g/mol. The SMILES string of the molecule is CC(C)n1ccnc1/C=C/C=O.COC. The van der Waals surface area contributed by atoms with E-state index in [0.29, 0.717) is 6.04 Å². The predicted molar refractivity (Wildman–Crippen MR) is 60.6 cm³/mol. The third kappa shape index (κ3) is 5.12. The number of hydrogen-bond acceptors (Lipinski definition) is 3. The number of imidazole rings is 1. The van der Waals surface area contributed by atoms with Crippen molar-refractivity contribution in [1.82, 2.24) is 9.55 Å². The highest BCUT2D eigenvalue weighted by Crippen LogP contribution is 2.08. The summed E-state index contributed by atoms with van der Waals surface area (Å²) in [6.07, 6.45) is 7.52. The molecule has 0 aliphatic heterocycles. The quantitative estimate of drug-likeness (QED) is 0.565. The molecule has 1 rings (SSSR count). The standard InChI is InChI=1S/C9H12N2O.C2H6O/c1-8(2)11-6-5-10-9(11)4-3-7-12;1-3-2/h3-8H,1-2H3;1-2H3/b4-3+;. The summed E-state index contributed by atoms with van der Waals surface area (Å²) in [5, 5.41) is 0. The normalized spacial score (nSPS) is 10.2. The molecule has 0 N–H and O–H groups in total. The number of carbonyl (C=O) groups excluding carboxylic acids is 1. The summed E-state index contributed by atoms with van der Waals surface area (Å²) in [5.74, 6) is 0.817. The Balaban J connectivity index is 0.000000583. The lowest BCUT2D eigenvalue weighted by Gasteiger charge is -2.07. The molecule has 0 atom stereocenters. The third-order valence-electron chi connectivity index (χ3n) is 1.58. The van der Waals surface area contributed by atoms with Crippen LogP contribution in [0.15, 0.2) is 18.5 Å². The molecule has 0 spiro atoms. The number of aldehydes is 1. The van der Waals surface area contributed by atoms with E-state index in [2.05, 4.69) is 23.6 Å². The zero-order valence-electron chi connectivity index (χ0n) is 9.68. The molecule has 0 bridgehead atoms. The number of ether oxygens (including phenoxy) is 1. The van der Waals surface area contributed by atoms with Crippen LogP contribution in [0.5, 0.6) is 0 Å². The second kappa shape index (κ2) is 7.94. The van der Waals surface area contributed by atoms with Gasteiger partial charge in [0.25, 0.3) is 0 Å². The smallest absolute Gasteiger partial charge is 0.142 e. The minimum absolute atomic E-state index is 0.374. The maximum absolute atomic E-state index is 10.1. The lowest BCUT2D eigenvalue weighted by molar-refractivity contribution is -0.104. The van der Waals surface area contributed by atoms with Gasteiger partial charge in [0.05, 0.1) is 0 Å². The van der Waals surface area contributed by atoms with Gasteiger partial charge >= 0.3 is 0 Å². The first-order valence-electron chi connectivity index (χ1n) is 4.72. The first-order valence-corrected chi connectivity index (χ1v) is 4.72. The molecule has 1 aromatic rings. The molecule has 84 valence electrons. The molecule has 0 aliphatic rings. The molecule has 0 radical (unpaired) electrons. The number of rotatable bonds is 3. The van der Waals surface area contributed by atoms with Gasteiger partial charge in [-0.25, -0.2) is 4.98 Å².